The van der Waals surface area contributed by atoms with Gasteiger partial charge in [0.25, 0.3) is 11.6 Å². The predicted molar refractivity (Wildman–Crippen MR) is 136 cm³/mol. The van der Waals surface area contributed by atoms with Crippen LogP contribution >= 0.6 is 15.9 Å². The third kappa shape index (κ3) is 5.55. The van der Waals surface area contributed by atoms with Crippen molar-refractivity contribution in [3.8, 4) is 11.5 Å². The smallest absolute Gasteiger partial charge is 0.329 e. The number of amides is 3. The zero-order valence-corrected chi connectivity index (χ0v) is 21.1. The summed E-state index contributed by atoms with van der Waals surface area (Å²) in [5, 5.41) is 13.4. The lowest BCUT2D eigenvalue weighted by molar-refractivity contribution is -0.384. The maximum atomic E-state index is 12.9. The van der Waals surface area contributed by atoms with Crippen molar-refractivity contribution in [2.24, 2.45) is 0 Å². The third-order valence-corrected chi connectivity index (χ3v) is 6.23. The molecule has 1 aliphatic rings. The number of hydrogen-bond donors (Lipinski definition) is 1. The summed E-state index contributed by atoms with van der Waals surface area (Å²) < 4.78 is 11.9. The van der Waals surface area contributed by atoms with Gasteiger partial charge in [0.1, 0.15) is 12.3 Å². The molecule has 0 aromatic heterocycles. The molecule has 0 aliphatic carbocycles. The van der Waals surface area contributed by atoms with Crippen molar-refractivity contribution in [1.29, 1.82) is 0 Å². The van der Waals surface area contributed by atoms with E-state index in [0.717, 1.165) is 21.6 Å². The van der Waals surface area contributed by atoms with Crippen molar-refractivity contribution in [2.75, 3.05) is 7.11 Å². The second-order valence-corrected chi connectivity index (χ2v) is 8.96. The second kappa shape index (κ2) is 10.6. The SMILES string of the molecule is COc1cc(/C=C2/NC(=O)N(Cc3ccc(C)cc3)C2=O)c(Br)cc1OCc1ccc([N+](=O)[O-])cc1. The average Bonchev–Trinajstić information content (AvgIpc) is 3.12. The van der Waals surface area contributed by atoms with E-state index >= 15 is 0 Å². The Hall–Kier alpha value is -4.18. The number of hydrogen-bond acceptors (Lipinski definition) is 6. The molecule has 3 aromatic rings. The van der Waals surface area contributed by atoms with Crippen LogP contribution in [0.2, 0.25) is 0 Å². The zero-order valence-electron chi connectivity index (χ0n) is 19.5. The van der Waals surface area contributed by atoms with Crippen molar-refractivity contribution < 1.29 is 24.0 Å². The Balaban J connectivity index is 1.50. The molecule has 10 heteroatoms. The molecule has 9 nitrogen and oxygen atoms in total. The van der Waals surface area contributed by atoms with E-state index in [4.69, 9.17) is 9.47 Å². The van der Waals surface area contributed by atoms with Gasteiger partial charge in [-0.2, -0.15) is 0 Å². The van der Waals surface area contributed by atoms with Crippen LogP contribution in [0.3, 0.4) is 0 Å². The molecule has 0 bridgehead atoms. The van der Waals surface area contributed by atoms with Crippen LogP contribution in [0, 0.1) is 17.0 Å². The van der Waals surface area contributed by atoms with E-state index in [9.17, 15) is 19.7 Å². The van der Waals surface area contributed by atoms with Gasteiger partial charge in [-0.1, -0.05) is 45.8 Å². The minimum atomic E-state index is -0.488. The molecule has 1 aliphatic heterocycles. The Morgan fingerprint density at radius 1 is 1.03 bits per heavy atom. The van der Waals surface area contributed by atoms with E-state index in [1.807, 2.05) is 31.2 Å². The fourth-order valence-electron chi connectivity index (χ4n) is 3.56. The van der Waals surface area contributed by atoms with Crippen molar-refractivity contribution in [2.45, 2.75) is 20.1 Å². The van der Waals surface area contributed by atoms with Gasteiger partial charge >= 0.3 is 6.03 Å². The monoisotopic (exact) mass is 551 g/mol. The molecular weight excluding hydrogens is 530 g/mol. The number of ether oxygens (including phenoxy) is 2. The number of nitrogens with one attached hydrogen (secondary N) is 1. The van der Waals surface area contributed by atoms with Gasteiger partial charge in [0.15, 0.2) is 11.5 Å². The van der Waals surface area contributed by atoms with Gasteiger partial charge in [-0.15, -0.1) is 0 Å². The highest BCUT2D eigenvalue weighted by atomic mass is 79.9. The van der Waals surface area contributed by atoms with Crippen LogP contribution in [0.1, 0.15) is 22.3 Å². The standard InChI is InChI=1S/C26H22BrN3O6/c1-16-3-5-17(6-4-16)14-29-25(31)22(28-26(29)32)11-19-12-23(35-2)24(13-21(19)27)36-15-18-7-9-20(10-8-18)30(33)34/h3-13H,14-15H2,1-2H3,(H,28,32)/b22-11+. The summed E-state index contributed by atoms with van der Waals surface area (Å²) in [7, 11) is 1.49. The summed E-state index contributed by atoms with van der Waals surface area (Å²) in [5.41, 5.74) is 3.45. The first kappa shape index (κ1) is 24.9. The molecule has 0 atom stereocenters. The number of methoxy groups -OCH3 is 1. The number of halogens is 1. The number of urea groups is 1. The summed E-state index contributed by atoms with van der Waals surface area (Å²) in [4.78, 5) is 36.9. The number of nitro benzene ring substituents is 1. The normalized spacial score (nSPS) is 14.2. The highest BCUT2D eigenvalue weighted by Gasteiger charge is 2.33. The molecule has 3 aromatic carbocycles. The Morgan fingerprint density at radius 3 is 2.33 bits per heavy atom. The molecule has 36 heavy (non-hydrogen) atoms. The lowest BCUT2D eigenvalue weighted by Crippen LogP contribution is -2.30. The Morgan fingerprint density at radius 2 is 1.69 bits per heavy atom. The summed E-state index contributed by atoms with van der Waals surface area (Å²) >= 11 is 3.49. The summed E-state index contributed by atoms with van der Waals surface area (Å²) in [6, 6.07) is 16.6. The number of benzene rings is 3. The van der Waals surface area contributed by atoms with Gasteiger partial charge in [-0.3, -0.25) is 19.8 Å². The van der Waals surface area contributed by atoms with Gasteiger partial charge in [-0.25, -0.2) is 4.79 Å². The topological polar surface area (TPSA) is 111 Å². The minimum Gasteiger partial charge on any atom is -0.493 e. The second-order valence-electron chi connectivity index (χ2n) is 8.10. The zero-order chi connectivity index (χ0) is 25.8. The molecule has 0 spiro atoms. The molecule has 0 saturated carbocycles. The van der Waals surface area contributed by atoms with Crippen molar-refractivity contribution in [1.82, 2.24) is 10.2 Å². The maximum Gasteiger partial charge on any atom is 0.329 e. The van der Waals surface area contributed by atoms with E-state index < -0.39 is 16.9 Å². The molecule has 0 radical (unpaired) electrons. The van der Waals surface area contributed by atoms with Crippen LogP contribution in [0.25, 0.3) is 6.08 Å². The van der Waals surface area contributed by atoms with Crippen molar-refractivity contribution in [3.05, 3.63) is 103 Å². The Labute approximate surface area is 215 Å². The number of non-ortho nitro benzene ring substituents is 1. The number of nitro groups is 1. The molecule has 1 saturated heterocycles. The Kier molecular flexibility index (Phi) is 7.35. The first-order chi connectivity index (χ1) is 17.2. The molecule has 0 unspecified atom stereocenters. The molecule has 3 amide bonds. The van der Waals surface area contributed by atoms with E-state index in [-0.39, 0.29) is 24.5 Å². The summed E-state index contributed by atoms with van der Waals surface area (Å²) in [6.45, 7) is 2.31. The molecular formula is C26H22BrN3O6. The van der Waals surface area contributed by atoms with Crippen molar-refractivity contribution >= 4 is 39.6 Å². The summed E-state index contributed by atoms with van der Waals surface area (Å²) in [5.74, 6) is 0.429. The first-order valence-corrected chi connectivity index (χ1v) is 11.7. The molecule has 1 fully saturated rings. The van der Waals surface area contributed by atoms with Gasteiger partial charge in [-0.05, 0) is 54.0 Å². The van der Waals surface area contributed by atoms with Gasteiger partial charge in [0, 0.05) is 16.6 Å². The quantitative estimate of drug-likeness (QED) is 0.175. The van der Waals surface area contributed by atoms with Crippen LogP contribution in [0.4, 0.5) is 10.5 Å². The van der Waals surface area contributed by atoms with Crippen LogP contribution in [0.15, 0.2) is 70.8 Å². The van der Waals surface area contributed by atoms with E-state index in [0.29, 0.717) is 21.5 Å². The van der Waals surface area contributed by atoms with Crippen LogP contribution in [0.5, 0.6) is 11.5 Å². The van der Waals surface area contributed by atoms with E-state index in [1.54, 1.807) is 30.3 Å². The lowest BCUT2D eigenvalue weighted by atomic mass is 10.1. The summed E-state index contributed by atoms with van der Waals surface area (Å²) in [6.07, 6.45) is 1.57. The van der Waals surface area contributed by atoms with Gasteiger partial charge in [0.05, 0.1) is 18.6 Å². The fraction of sp³-hybridized carbons (Fsp3) is 0.154. The lowest BCUT2D eigenvalue weighted by Gasteiger charge is -2.13. The number of rotatable bonds is 8. The number of carbonyl (C=O) groups excluding carboxylic acids is 2. The highest BCUT2D eigenvalue weighted by Crippen LogP contribution is 2.35. The van der Waals surface area contributed by atoms with Gasteiger partial charge < -0.3 is 14.8 Å². The number of nitrogens with zero attached hydrogens (tertiary/aromatic N) is 2. The average molecular weight is 552 g/mol. The molecule has 184 valence electrons. The minimum absolute atomic E-state index is 0.00227. The first-order valence-electron chi connectivity index (χ1n) is 10.9. The van der Waals surface area contributed by atoms with Crippen LogP contribution in [-0.4, -0.2) is 28.9 Å². The fourth-order valence-corrected chi connectivity index (χ4v) is 3.99. The van der Waals surface area contributed by atoms with E-state index in [2.05, 4.69) is 21.2 Å². The maximum absolute atomic E-state index is 12.9. The number of carbonyl (C=O) groups is 2. The largest absolute Gasteiger partial charge is 0.493 e. The number of imide groups is 1. The predicted octanol–water partition coefficient (Wildman–Crippen LogP) is 5.35. The van der Waals surface area contributed by atoms with Crippen LogP contribution in [-0.2, 0) is 17.9 Å². The van der Waals surface area contributed by atoms with Crippen LogP contribution < -0.4 is 14.8 Å². The number of aryl methyl sites for hydroxylation is 1. The molecule has 4 rings (SSSR count). The van der Waals surface area contributed by atoms with E-state index in [1.165, 1.54) is 19.2 Å². The molecule has 1 heterocycles. The Bertz CT molecular complexity index is 1350. The molecule has 1 N–H and O–H groups in total. The highest BCUT2D eigenvalue weighted by molar-refractivity contribution is 9.10. The third-order valence-electron chi connectivity index (χ3n) is 5.55. The van der Waals surface area contributed by atoms with Crippen molar-refractivity contribution in [3.63, 3.8) is 0 Å². The van der Waals surface area contributed by atoms with Gasteiger partial charge in [0.2, 0.25) is 0 Å².